The third kappa shape index (κ3) is 3.60. The maximum Gasteiger partial charge on any atom is 0.242 e. The van der Waals surface area contributed by atoms with E-state index in [2.05, 4.69) is 31.3 Å². The molecule has 0 aliphatic heterocycles. The van der Waals surface area contributed by atoms with Crippen LogP contribution in [0, 0.1) is 11.8 Å². The number of nitrogens with two attached hydrogens (primary N) is 1. The molecule has 1 unspecified atom stereocenters. The smallest absolute Gasteiger partial charge is 0.242 e. The van der Waals surface area contributed by atoms with Crippen LogP contribution in [-0.4, -0.2) is 12.5 Å². The van der Waals surface area contributed by atoms with E-state index in [1.165, 1.54) is 18.4 Å². The van der Waals surface area contributed by atoms with Gasteiger partial charge in [0, 0.05) is 0 Å². The van der Waals surface area contributed by atoms with E-state index in [-0.39, 0.29) is 5.91 Å². The fraction of sp³-hybridized carbons (Fsp3) is 0.588. The first-order chi connectivity index (χ1) is 9.41. The summed E-state index contributed by atoms with van der Waals surface area (Å²) < 4.78 is 0. The topological polar surface area (TPSA) is 55.1 Å². The van der Waals surface area contributed by atoms with Crippen LogP contribution in [0.3, 0.4) is 0 Å². The van der Waals surface area contributed by atoms with E-state index in [0.29, 0.717) is 11.8 Å². The molecule has 0 spiro atoms. The Morgan fingerprint density at radius 1 is 1.35 bits per heavy atom. The molecule has 0 heterocycles. The summed E-state index contributed by atoms with van der Waals surface area (Å²) in [5.74, 6) is 1.04. The second kappa shape index (κ2) is 5.96. The lowest BCUT2D eigenvalue weighted by Gasteiger charge is -2.28. The number of carbonyl (C=O) groups is 1. The first kappa shape index (κ1) is 15.0. The zero-order valence-electron chi connectivity index (χ0n) is 12.8. The number of hydrogen-bond donors (Lipinski definition) is 2. The minimum absolute atomic E-state index is 0.310. The van der Waals surface area contributed by atoms with Gasteiger partial charge in [-0.25, -0.2) is 0 Å². The molecule has 110 valence electrons. The number of carbonyl (C=O) groups excluding carboxylic acids is 1. The summed E-state index contributed by atoms with van der Waals surface area (Å²) in [7, 11) is 0. The Hall–Kier alpha value is -1.35. The monoisotopic (exact) mass is 274 g/mol. The van der Waals surface area contributed by atoms with Gasteiger partial charge in [-0.1, -0.05) is 38.1 Å². The summed E-state index contributed by atoms with van der Waals surface area (Å²) in [5.41, 5.74) is 7.12. The second-order valence-corrected chi connectivity index (χ2v) is 6.61. The Morgan fingerprint density at radius 3 is 2.40 bits per heavy atom. The van der Waals surface area contributed by atoms with Crippen LogP contribution in [0.15, 0.2) is 24.3 Å². The highest BCUT2D eigenvalue weighted by Crippen LogP contribution is 2.30. The van der Waals surface area contributed by atoms with Crippen LogP contribution in [0.4, 0.5) is 0 Å². The zero-order valence-corrected chi connectivity index (χ0v) is 12.8. The Kier molecular flexibility index (Phi) is 4.48. The Labute approximate surface area is 121 Å². The third-order valence-corrected chi connectivity index (χ3v) is 4.11. The molecule has 3 nitrogen and oxygen atoms in total. The van der Waals surface area contributed by atoms with Gasteiger partial charge in [-0.05, 0) is 55.7 Å². The Morgan fingerprint density at radius 2 is 1.95 bits per heavy atom. The standard InChI is InChI=1S/C17H26N2O/c1-12(2)10-13-6-8-15(9-7-13)17(3,16(18)20)19-11-14-4-5-14/h6-9,12,14,19H,4-5,10-11H2,1-3H3,(H2,18,20). The lowest BCUT2D eigenvalue weighted by atomic mass is 9.89. The quantitative estimate of drug-likeness (QED) is 0.803. The van der Waals surface area contributed by atoms with Crippen molar-refractivity contribution in [3.63, 3.8) is 0 Å². The lowest BCUT2D eigenvalue weighted by Crippen LogP contribution is -2.51. The molecule has 1 saturated carbocycles. The summed E-state index contributed by atoms with van der Waals surface area (Å²) in [6, 6.07) is 8.27. The first-order valence-electron chi connectivity index (χ1n) is 7.56. The minimum Gasteiger partial charge on any atom is -0.368 e. The van der Waals surface area contributed by atoms with E-state index in [1.807, 2.05) is 19.1 Å². The van der Waals surface area contributed by atoms with Gasteiger partial charge in [0.2, 0.25) is 5.91 Å². The van der Waals surface area contributed by atoms with Crippen molar-refractivity contribution in [1.82, 2.24) is 5.32 Å². The predicted octanol–water partition coefficient (Wildman–Crippen LogP) is 2.59. The number of amides is 1. The molecule has 1 aromatic rings. The highest BCUT2D eigenvalue weighted by molar-refractivity contribution is 5.85. The normalized spacial score (nSPS) is 18.0. The average molecular weight is 274 g/mol. The number of primary amides is 1. The third-order valence-electron chi connectivity index (χ3n) is 4.11. The summed E-state index contributed by atoms with van der Waals surface area (Å²) >= 11 is 0. The number of nitrogens with one attached hydrogen (secondary N) is 1. The van der Waals surface area contributed by atoms with E-state index < -0.39 is 5.54 Å². The first-order valence-corrected chi connectivity index (χ1v) is 7.56. The van der Waals surface area contributed by atoms with Crippen molar-refractivity contribution in [2.45, 2.75) is 45.6 Å². The predicted molar refractivity (Wildman–Crippen MR) is 82.3 cm³/mol. The average Bonchev–Trinajstić information content (AvgIpc) is 3.20. The molecule has 1 aromatic carbocycles. The molecule has 20 heavy (non-hydrogen) atoms. The summed E-state index contributed by atoms with van der Waals surface area (Å²) in [6.45, 7) is 7.17. The molecule has 1 atom stereocenters. The van der Waals surface area contributed by atoms with Crippen LogP contribution in [-0.2, 0) is 16.8 Å². The zero-order chi connectivity index (χ0) is 14.8. The fourth-order valence-electron chi connectivity index (χ4n) is 2.45. The van der Waals surface area contributed by atoms with Crippen molar-refractivity contribution in [2.75, 3.05) is 6.54 Å². The van der Waals surface area contributed by atoms with Crippen molar-refractivity contribution in [2.24, 2.45) is 17.6 Å². The molecular weight excluding hydrogens is 248 g/mol. The van der Waals surface area contributed by atoms with E-state index in [9.17, 15) is 4.79 Å². The maximum atomic E-state index is 11.9. The minimum atomic E-state index is -0.765. The van der Waals surface area contributed by atoms with Gasteiger partial charge >= 0.3 is 0 Å². The molecule has 0 saturated heterocycles. The van der Waals surface area contributed by atoms with Crippen LogP contribution < -0.4 is 11.1 Å². The fourth-order valence-corrected chi connectivity index (χ4v) is 2.45. The van der Waals surface area contributed by atoms with Gasteiger partial charge in [0.15, 0.2) is 0 Å². The van der Waals surface area contributed by atoms with E-state index in [4.69, 9.17) is 5.73 Å². The number of rotatable bonds is 7. The highest BCUT2D eigenvalue weighted by Gasteiger charge is 2.34. The van der Waals surface area contributed by atoms with Gasteiger partial charge in [0.25, 0.3) is 0 Å². The molecule has 1 aliphatic rings. The molecule has 1 amide bonds. The van der Waals surface area contributed by atoms with Gasteiger partial charge in [0.05, 0.1) is 0 Å². The lowest BCUT2D eigenvalue weighted by molar-refractivity contribution is -0.124. The highest BCUT2D eigenvalue weighted by atomic mass is 16.1. The van der Waals surface area contributed by atoms with Crippen molar-refractivity contribution >= 4 is 5.91 Å². The van der Waals surface area contributed by atoms with Gasteiger partial charge < -0.3 is 5.73 Å². The maximum absolute atomic E-state index is 11.9. The van der Waals surface area contributed by atoms with Crippen LogP contribution in [0.25, 0.3) is 0 Å². The van der Waals surface area contributed by atoms with Crippen molar-refractivity contribution in [3.8, 4) is 0 Å². The van der Waals surface area contributed by atoms with Gasteiger partial charge in [-0.3, -0.25) is 10.1 Å². The Bertz CT molecular complexity index is 462. The van der Waals surface area contributed by atoms with E-state index >= 15 is 0 Å². The molecule has 3 N–H and O–H groups in total. The van der Waals surface area contributed by atoms with Crippen LogP contribution >= 0.6 is 0 Å². The number of benzene rings is 1. The van der Waals surface area contributed by atoms with E-state index in [1.54, 1.807) is 0 Å². The molecule has 0 bridgehead atoms. The van der Waals surface area contributed by atoms with Crippen LogP contribution in [0.5, 0.6) is 0 Å². The van der Waals surface area contributed by atoms with E-state index in [0.717, 1.165) is 18.5 Å². The van der Waals surface area contributed by atoms with Crippen molar-refractivity contribution in [1.29, 1.82) is 0 Å². The molecule has 0 radical (unpaired) electrons. The summed E-state index contributed by atoms with van der Waals surface area (Å²) in [6.07, 6.45) is 3.58. The summed E-state index contributed by atoms with van der Waals surface area (Å²) in [4.78, 5) is 11.9. The molecule has 1 aliphatic carbocycles. The molecule has 2 rings (SSSR count). The molecule has 0 aromatic heterocycles. The largest absolute Gasteiger partial charge is 0.368 e. The van der Waals surface area contributed by atoms with Crippen molar-refractivity contribution < 1.29 is 4.79 Å². The SMILES string of the molecule is CC(C)Cc1ccc(C(C)(NCC2CC2)C(N)=O)cc1. The van der Waals surface area contributed by atoms with Gasteiger partial charge in [-0.2, -0.15) is 0 Å². The van der Waals surface area contributed by atoms with Crippen molar-refractivity contribution in [3.05, 3.63) is 35.4 Å². The Balaban J connectivity index is 2.13. The molecule has 3 heteroatoms. The second-order valence-electron chi connectivity index (χ2n) is 6.61. The number of hydrogen-bond acceptors (Lipinski definition) is 2. The van der Waals surface area contributed by atoms with Gasteiger partial charge in [-0.15, -0.1) is 0 Å². The molecular formula is C17H26N2O. The van der Waals surface area contributed by atoms with Crippen LogP contribution in [0.1, 0.15) is 44.7 Å². The van der Waals surface area contributed by atoms with Crippen LogP contribution in [0.2, 0.25) is 0 Å². The molecule has 1 fully saturated rings. The summed E-state index contributed by atoms with van der Waals surface area (Å²) in [5, 5.41) is 3.36. The van der Waals surface area contributed by atoms with Gasteiger partial charge in [0.1, 0.15) is 5.54 Å².